The summed E-state index contributed by atoms with van der Waals surface area (Å²) in [6.07, 6.45) is 0.395. The van der Waals surface area contributed by atoms with E-state index in [1.165, 1.54) is 18.5 Å². The molecule has 3 amide bonds. The van der Waals surface area contributed by atoms with Crippen molar-refractivity contribution in [1.82, 2.24) is 14.7 Å². The van der Waals surface area contributed by atoms with Gasteiger partial charge in [0.1, 0.15) is 5.60 Å². The molecule has 9 nitrogen and oxygen atoms in total. The highest BCUT2D eigenvalue weighted by Crippen LogP contribution is 2.11. The topological polar surface area (TPSA) is 114 Å². The standard InChI is InChI=1S/C19H22N4O5/c1-19(2,3)28-17(25)21-16(22-13-7-12-20-22)23(18(26)27)15(24)11-10-14-8-5-4-6-9-14/h4-9,12-13H,10-11H2,1-3H3,(H,26,27). The van der Waals surface area contributed by atoms with E-state index in [0.29, 0.717) is 11.3 Å². The average molecular weight is 386 g/mol. The number of hydrogen-bond donors (Lipinski definition) is 1. The van der Waals surface area contributed by atoms with Crippen LogP contribution in [0.15, 0.2) is 53.8 Å². The number of ether oxygens (including phenoxy) is 1. The summed E-state index contributed by atoms with van der Waals surface area (Å²) in [7, 11) is 0. The molecule has 0 unspecified atom stereocenters. The first-order chi connectivity index (χ1) is 13.2. The molecule has 1 aromatic carbocycles. The van der Waals surface area contributed by atoms with Gasteiger partial charge in [-0.05, 0) is 38.8 Å². The van der Waals surface area contributed by atoms with Crippen molar-refractivity contribution in [1.29, 1.82) is 0 Å². The lowest BCUT2D eigenvalue weighted by Crippen LogP contribution is -2.45. The van der Waals surface area contributed by atoms with Gasteiger partial charge in [0.25, 0.3) is 0 Å². The molecule has 0 saturated carbocycles. The number of carboxylic acid groups (broad SMARTS) is 1. The van der Waals surface area contributed by atoms with Gasteiger partial charge in [0, 0.05) is 18.8 Å². The average Bonchev–Trinajstić information content (AvgIpc) is 3.13. The van der Waals surface area contributed by atoms with E-state index in [-0.39, 0.29) is 6.42 Å². The van der Waals surface area contributed by atoms with E-state index in [2.05, 4.69) is 10.1 Å². The maximum atomic E-state index is 12.6. The molecule has 2 aromatic rings. The van der Waals surface area contributed by atoms with Gasteiger partial charge in [0.05, 0.1) is 0 Å². The van der Waals surface area contributed by atoms with E-state index in [1.807, 2.05) is 30.3 Å². The molecule has 0 fully saturated rings. The van der Waals surface area contributed by atoms with Crippen LogP contribution in [-0.2, 0) is 16.0 Å². The van der Waals surface area contributed by atoms with Gasteiger partial charge in [-0.15, -0.1) is 4.99 Å². The number of rotatable bonds is 3. The number of aromatic nitrogens is 2. The Labute approximate surface area is 162 Å². The first-order valence-electron chi connectivity index (χ1n) is 8.59. The van der Waals surface area contributed by atoms with Crippen molar-refractivity contribution in [3.05, 3.63) is 54.4 Å². The van der Waals surface area contributed by atoms with Crippen LogP contribution >= 0.6 is 0 Å². The monoisotopic (exact) mass is 386 g/mol. The minimum absolute atomic E-state index is 0.0923. The van der Waals surface area contributed by atoms with Crippen LogP contribution in [-0.4, -0.2) is 49.4 Å². The molecule has 0 aliphatic rings. The third-order valence-electron chi connectivity index (χ3n) is 3.41. The molecule has 28 heavy (non-hydrogen) atoms. The third kappa shape index (κ3) is 6.04. The van der Waals surface area contributed by atoms with Crippen LogP contribution in [0.1, 0.15) is 32.8 Å². The summed E-state index contributed by atoms with van der Waals surface area (Å²) < 4.78 is 6.13. The fourth-order valence-corrected chi connectivity index (χ4v) is 2.27. The molecule has 9 heteroatoms. The summed E-state index contributed by atoms with van der Waals surface area (Å²) in [5.41, 5.74) is 0.0483. The summed E-state index contributed by atoms with van der Waals surface area (Å²) in [6.45, 7) is 4.94. The Kier molecular flexibility index (Phi) is 6.64. The second kappa shape index (κ2) is 8.94. The highest BCUT2D eigenvalue weighted by Gasteiger charge is 2.30. The summed E-state index contributed by atoms with van der Waals surface area (Å²) in [5, 5.41) is 13.5. The lowest BCUT2D eigenvalue weighted by atomic mass is 10.1. The van der Waals surface area contributed by atoms with Crippen molar-refractivity contribution in [2.75, 3.05) is 0 Å². The zero-order chi connectivity index (χ0) is 20.7. The molecule has 0 radical (unpaired) electrons. The van der Waals surface area contributed by atoms with Crippen molar-refractivity contribution in [3.63, 3.8) is 0 Å². The van der Waals surface area contributed by atoms with Gasteiger partial charge < -0.3 is 9.84 Å². The van der Waals surface area contributed by atoms with Crippen LogP contribution in [0.3, 0.4) is 0 Å². The number of imide groups is 1. The Morgan fingerprint density at radius 1 is 1.18 bits per heavy atom. The Hall–Kier alpha value is -3.49. The van der Waals surface area contributed by atoms with Gasteiger partial charge in [-0.25, -0.2) is 14.3 Å². The molecule has 0 saturated heterocycles. The predicted octanol–water partition coefficient (Wildman–Crippen LogP) is 3.16. The number of hydrogen-bond acceptors (Lipinski definition) is 5. The highest BCUT2D eigenvalue weighted by atomic mass is 16.6. The lowest BCUT2D eigenvalue weighted by molar-refractivity contribution is -0.125. The van der Waals surface area contributed by atoms with Crippen LogP contribution in [0, 0.1) is 0 Å². The van der Waals surface area contributed by atoms with Gasteiger partial charge >= 0.3 is 12.2 Å². The summed E-state index contributed by atoms with van der Waals surface area (Å²) in [6, 6.07) is 10.7. The smallest absolute Gasteiger partial charge is 0.437 e. The molecular formula is C19H22N4O5. The summed E-state index contributed by atoms with van der Waals surface area (Å²) in [5.74, 6) is -1.21. The Morgan fingerprint density at radius 3 is 2.39 bits per heavy atom. The maximum Gasteiger partial charge on any atom is 0.437 e. The Morgan fingerprint density at radius 2 is 1.86 bits per heavy atom. The highest BCUT2D eigenvalue weighted by molar-refractivity contribution is 6.11. The molecule has 148 valence electrons. The van der Waals surface area contributed by atoms with Crippen molar-refractivity contribution in [2.24, 2.45) is 4.99 Å². The van der Waals surface area contributed by atoms with Crippen molar-refractivity contribution in [2.45, 2.75) is 39.2 Å². The number of nitrogens with zero attached hydrogens (tertiary/aromatic N) is 4. The normalized spacial score (nSPS) is 11.8. The number of carbonyl (C=O) groups excluding carboxylic acids is 2. The molecule has 2 rings (SSSR count). The van der Waals surface area contributed by atoms with Crippen molar-refractivity contribution >= 4 is 24.1 Å². The zero-order valence-corrected chi connectivity index (χ0v) is 15.9. The fraction of sp³-hybridized carbons (Fsp3) is 0.316. The summed E-state index contributed by atoms with van der Waals surface area (Å²) >= 11 is 0. The van der Waals surface area contributed by atoms with Crippen LogP contribution in [0.2, 0.25) is 0 Å². The van der Waals surface area contributed by atoms with Gasteiger partial charge in [0.15, 0.2) is 0 Å². The third-order valence-corrected chi connectivity index (χ3v) is 3.41. The van der Waals surface area contributed by atoms with E-state index < -0.39 is 29.7 Å². The largest absolute Gasteiger partial charge is 0.464 e. The first-order valence-corrected chi connectivity index (χ1v) is 8.59. The second-order valence-electron chi connectivity index (χ2n) is 6.84. The molecule has 1 aromatic heterocycles. The van der Waals surface area contributed by atoms with Crippen LogP contribution < -0.4 is 0 Å². The Bertz CT molecular complexity index is 854. The molecule has 0 aliphatic heterocycles. The van der Waals surface area contributed by atoms with Gasteiger partial charge in [-0.3, -0.25) is 4.79 Å². The van der Waals surface area contributed by atoms with Gasteiger partial charge in [0.2, 0.25) is 11.9 Å². The van der Waals surface area contributed by atoms with Crippen LogP contribution in [0.25, 0.3) is 0 Å². The molecule has 1 heterocycles. The molecule has 0 atom stereocenters. The predicted molar refractivity (Wildman–Crippen MR) is 101 cm³/mol. The first kappa shape index (κ1) is 20.8. The summed E-state index contributed by atoms with van der Waals surface area (Å²) in [4.78, 5) is 40.6. The molecular weight excluding hydrogens is 364 g/mol. The van der Waals surface area contributed by atoms with Crippen molar-refractivity contribution in [3.8, 4) is 0 Å². The minimum Gasteiger partial charge on any atom is -0.464 e. The number of aliphatic imine (C=N–C) groups is 1. The zero-order valence-electron chi connectivity index (χ0n) is 15.9. The van der Waals surface area contributed by atoms with Crippen molar-refractivity contribution < 1.29 is 24.2 Å². The molecule has 0 bridgehead atoms. The second-order valence-corrected chi connectivity index (χ2v) is 6.84. The van der Waals surface area contributed by atoms with Crippen LogP contribution in [0.5, 0.6) is 0 Å². The molecule has 0 spiro atoms. The number of aryl methyl sites for hydroxylation is 1. The number of benzene rings is 1. The van der Waals surface area contributed by atoms with Gasteiger partial charge in [-0.1, -0.05) is 30.3 Å². The van der Waals surface area contributed by atoms with E-state index in [4.69, 9.17) is 4.74 Å². The lowest BCUT2D eigenvalue weighted by Gasteiger charge is -2.21. The minimum atomic E-state index is -1.57. The number of carbonyl (C=O) groups is 3. The van der Waals surface area contributed by atoms with E-state index >= 15 is 0 Å². The molecule has 0 aliphatic carbocycles. The maximum absolute atomic E-state index is 12.6. The SMILES string of the molecule is CC(C)(C)OC(=O)N=C(N(C(=O)O)C(=O)CCc1ccccc1)n1cccn1. The Balaban J connectivity index is 2.29. The van der Waals surface area contributed by atoms with Crippen LogP contribution in [0.4, 0.5) is 9.59 Å². The number of amides is 3. The van der Waals surface area contributed by atoms with Gasteiger partial charge in [-0.2, -0.15) is 10.00 Å². The van der Waals surface area contributed by atoms with E-state index in [1.54, 1.807) is 20.8 Å². The molecule has 1 N–H and O–H groups in total. The fourth-order valence-electron chi connectivity index (χ4n) is 2.27. The quantitative estimate of drug-likeness (QED) is 0.640. The van der Waals surface area contributed by atoms with E-state index in [0.717, 1.165) is 10.2 Å². The van der Waals surface area contributed by atoms with E-state index in [9.17, 15) is 19.5 Å².